The third-order valence-electron chi connectivity index (χ3n) is 3.30. The number of ether oxygens (including phenoxy) is 2. The van der Waals surface area contributed by atoms with Crippen LogP contribution in [0.15, 0.2) is 6.07 Å². The molecule has 0 radical (unpaired) electrons. The Balaban J connectivity index is 2.38. The number of hydrogen-bond acceptors (Lipinski definition) is 4. The van der Waals surface area contributed by atoms with Gasteiger partial charge in [-0.1, -0.05) is 0 Å². The van der Waals surface area contributed by atoms with Crippen LogP contribution in [0.1, 0.15) is 31.9 Å². The van der Waals surface area contributed by atoms with Crippen molar-refractivity contribution in [2.75, 3.05) is 24.3 Å². The van der Waals surface area contributed by atoms with E-state index < -0.39 is 5.60 Å². The highest BCUT2D eigenvalue weighted by molar-refractivity contribution is 5.92. The maximum absolute atomic E-state index is 12.3. The number of carbonyl (C=O) groups excluding carboxylic acids is 1. The van der Waals surface area contributed by atoms with E-state index in [0.29, 0.717) is 18.0 Å². The van der Waals surface area contributed by atoms with Crippen LogP contribution >= 0.6 is 0 Å². The largest absolute Gasteiger partial charge is 0.494 e. The molecule has 0 bridgehead atoms. The Kier molecular flexibility index (Phi) is 3.54. The topological polar surface area (TPSA) is 64.8 Å². The van der Waals surface area contributed by atoms with Gasteiger partial charge in [-0.2, -0.15) is 0 Å². The second kappa shape index (κ2) is 4.89. The fourth-order valence-corrected chi connectivity index (χ4v) is 2.39. The number of hydrogen-bond donors (Lipinski definition) is 1. The highest BCUT2D eigenvalue weighted by Crippen LogP contribution is 2.41. The summed E-state index contributed by atoms with van der Waals surface area (Å²) in [5, 5.41) is 0. The van der Waals surface area contributed by atoms with Crippen LogP contribution < -0.4 is 15.4 Å². The average Bonchev–Trinajstić information content (AvgIpc) is 2.71. The number of rotatable bonds is 1. The minimum absolute atomic E-state index is 0.331. The van der Waals surface area contributed by atoms with Crippen molar-refractivity contribution < 1.29 is 14.3 Å². The third-order valence-corrected chi connectivity index (χ3v) is 3.30. The first kappa shape index (κ1) is 14.5. The Morgan fingerprint density at radius 1 is 1.40 bits per heavy atom. The number of carbonyl (C=O) groups is 1. The van der Waals surface area contributed by atoms with Crippen LogP contribution in [0.4, 0.5) is 16.2 Å². The minimum Gasteiger partial charge on any atom is -0.494 e. The lowest BCUT2D eigenvalue weighted by Gasteiger charge is -2.25. The zero-order valence-electron chi connectivity index (χ0n) is 12.7. The van der Waals surface area contributed by atoms with Crippen molar-refractivity contribution >= 4 is 17.5 Å². The normalized spacial score (nSPS) is 14.2. The van der Waals surface area contributed by atoms with Gasteiger partial charge in [0.05, 0.1) is 18.5 Å². The van der Waals surface area contributed by atoms with Gasteiger partial charge in [0.2, 0.25) is 0 Å². The summed E-state index contributed by atoms with van der Waals surface area (Å²) in [6, 6.07) is 1.92. The van der Waals surface area contributed by atoms with Gasteiger partial charge in [0.15, 0.2) is 0 Å². The Bertz CT molecular complexity index is 547. The van der Waals surface area contributed by atoms with E-state index in [0.717, 1.165) is 23.2 Å². The lowest BCUT2D eigenvalue weighted by atomic mass is 10.1. The van der Waals surface area contributed by atoms with Crippen LogP contribution in [0.5, 0.6) is 5.75 Å². The molecule has 110 valence electrons. The SMILES string of the molecule is COc1c(N)c(C)cc2c1CCN2C(=O)OC(C)(C)C. The molecule has 1 aliphatic heterocycles. The summed E-state index contributed by atoms with van der Waals surface area (Å²) in [5.41, 5.74) is 8.87. The molecule has 0 saturated heterocycles. The highest BCUT2D eigenvalue weighted by Gasteiger charge is 2.32. The van der Waals surface area contributed by atoms with E-state index in [9.17, 15) is 4.79 Å². The molecule has 20 heavy (non-hydrogen) atoms. The first-order valence-corrected chi connectivity index (χ1v) is 6.71. The Labute approximate surface area is 119 Å². The lowest BCUT2D eigenvalue weighted by molar-refractivity contribution is 0.0584. The summed E-state index contributed by atoms with van der Waals surface area (Å²) in [7, 11) is 1.60. The van der Waals surface area contributed by atoms with Crippen LogP contribution in [0.25, 0.3) is 0 Å². The number of amides is 1. The van der Waals surface area contributed by atoms with E-state index in [1.54, 1.807) is 12.0 Å². The smallest absolute Gasteiger partial charge is 0.414 e. The van der Waals surface area contributed by atoms with E-state index in [-0.39, 0.29) is 6.09 Å². The number of aryl methyl sites for hydroxylation is 1. The molecule has 0 fully saturated rings. The summed E-state index contributed by atoms with van der Waals surface area (Å²) in [6.07, 6.45) is 0.393. The van der Waals surface area contributed by atoms with Gasteiger partial charge in [-0.3, -0.25) is 4.90 Å². The average molecular weight is 278 g/mol. The first-order valence-electron chi connectivity index (χ1n) is 6.71. The van der Waals surface area contributed by atoms with E-state index in [2.05, 4.69) is 0 Å². The molecule has 5 nitrogen and oxygen atoms in total. The summed E-state index contributed by atoms with van der Waals surface area (Å²) in [5.74, 6) is 0.672. The van der Waals surface area contributed by atoms with Gasteiger partial charge < -0.3 is 15.2 Å². The Morgan fingerprint density at radius 2 is 2.05 bits per heavy atom. The molecule has 0 aromatic heterocycles. The maximum atomic E-state index is 12.3. The van der Waals surface area contributed by atoms with E-state index >= 15 is 0 Å². The molecule has 2 rings (SSSR count). The van der Waals surface area contributed by atoms with Crippen molar-refractivity contribution in [1.82, 2.24) is 0 Å². The van der Waals surface area contributed by atoms with E-state index in [4.69, 9.17) is 15.2 Å². The number of benzene rings is 1. The zero-order valence-corrected chi connectivity index (χ0v) is 12.7. The van der Waals surface area contributed by atoms with Crippen LogP contribution in [-0.4, -0.2) is 25.3 Å². The molecule has 0 saturated carbocycles. The van der Waals surface area contributed by atoms with Gasteiger partial charge in [0.1, 0.15) is 11.4 Å². The van der Waals surface area contributed by atoms with Crippen LogP contribution in [0.2, 0.25) is 0 Å². The Morgan fingerprint density at radius 3 is 2.60 bits per heavy atom. The zero-order chi connectivity index (χ0) is 15.1. The standard InChI is InChI=1S/C15H22N2O3/c1-9-8-11-10(13(19-5)12(9)16)6-7-17(11)14(18)20-15(2,3)4/h8H,6-7,16H2,1-5H3. The molecule has 5 heteroatoms. The van der Waals surface area contributed by atoms with Crippen molar-refractivity contribution in [2.45, 2.75) is 39.7 Å². The molecule has 2 N–H and O–H groups in total. The van der Waals surface area contributed by atoms with Gasteiger partial charge in [0, 0.05) is 12.1 Å². The highest BCUT2D eigenvalue weighted by atomic mass is 16.6. The summed E-state index contributed by atoms with van der Waals surface area (Å²) < 4.78 is 10.8. The van der Waals surface area contributed by atoms with E-state index in [1.165, 1.54) is 0 Å². The van der Waals surface area contributed by atoms with Crippen LogP contribution in [0.3, 0.4) is 0 Å². The van der Waals surface area contributed by atoms with Crippen LogP contribution in [0, 0.1) is 6.92 Å². The van der Waals surface area contributed by atoms with Crippen molar-refractivity contribution in [2.24, 2.45) is 0 Å². The number of nitrogens with zero attached hydrogens (tertiary/aromatic N) is 1. The molecular weight excluding hydrogens is 256 g/mol. The Hall–Kier alpha value is -1.91. The third kappa shape index (κ3) is 2.53. The second-order valence-corrected chi connectivity index (χ2v) is 6.02. The van der Waals surface area contributed by atoms with Gasteiger partial charge in [0.25, 0.3) is 0 Å². The molecule has 0 spiro atoms. The number of fused-ring (bicyclic) bond motifs is 1. The van der Waals surface area contributed by atoms with Gasteiger partial charge >= 0.3 is 6.09 Å². The quantitative estimate of drug-likeness (QED) is 0.802. The predicted octanol–water partition coefficient (Wildman–Crippen LogP) is 2.88. The molecule has 1 aromatic rings. The molecule has 0 unspecified atom stereocenters. The molecule has 0 atom stereocenters. The van der Waals surface area contributed by atoms with Gasteiger partial charge in [-0.05, 0) is 45.7 Å². The van der Waals surface area contributed by atoms with Gasteiger partial charge in [-0.15, -0.1) is 0 Å². The number of anilines is 2. The maximum Gasteiger partial charge on any atom is 0.414 e. The van der Waals surface area contributed by atoms with Crippen molar-refractivity contribution in [3.63, 3.8) is 0 Å². The van der Waals surface area contributed by atoms with Crippen molar-refractivity contribution in [1.29, 1.82) is 0 Å². The second-order valence-electron chi connectivity index (χ2n) is 6.02. The number of nitrogen functional groups attached to an aromatic ring is 1. The first-order chi connectivity index (χ1) is 9.24. The molecule has 1 heterocycles. The number of nitrogens with two attached hydrogens (primary N) is 1. The lowest BCUT2D eigenvalue weighted by Crippen LogP contribution is -2.35. The fourth-order valence-electron chi connectivity index (χ4n) is 2.39. The summed E-state index contributed by atoms with van der Waals surface area (Å²) in [4.78, 5) is 13.9. The van der Waals surface area contributed by atoms with E-state index in [1.807, 2.05) is 33.8 Å². The predicted molar refractivity (Wildman–Crippen MR) is 79.4 cm³/mol. The minimum atomic E-state index is -0.507. The summed E-state index contributed by atoms with van der Waals surface area (Å²) in [6.45, 7) is 8.07. The molecular formula is C15H22N2O3. The molecule has 1 aliphatic rings. The molecule has 0 aliphatic carbocycles. The van der Waals surface area contributed by atoms with Crippen molar-refractivity contribution in [3.05, 3.63) is 17.2 Å². The van der Waals surface area contributed by atoms with Crippen molar-refractivity contribution in [3.8, 4) is 5.75 Å². The van der Waals surface area contributed by atoms with Crippen LogP contribution in [-0.2, 0) is 11.2 Å². The van der Waals surface area contributed by atoms with Gasteiger partial charge in [-0.25, -0.2) is 4.79 Å². The molecule has 1 amide bonds. The summed E-state index contributed by atoms with van der Waals surface area (Å²) >= 11 is 0. The number of methoxy groups -OCH3 is 1. The fraction of sp³-hybridized carbons (Fsp3) is 0.533. The molecule has 1 aromatic carbocycles. The monoisotopic (exact) mass is 278 g/mol.